The van der Waals surface area contributed by atoms with E-state index in [1.54, 1.807) is 14.2 Å². The van der Waals surface area contributed by atoms with E-state index in [1.165, 1.54) is 11.1 Å². The standard InChI is InChI=1S/C19H28N2O3/c1-23-14-17-11-18(24-2)13-20(17)10-8-19(22)21-9-7-15-5-3-4-6-16(15)12-21/h3-6,17-18H,7-14H2,1-2H3/t17-,18-/m0/s1. The van der Waals surface area contributed by atoms with Crippen LogP contribution in [0.4, 0.5) is 0 Å². The molecule has 0 unspecified atom stereocenters. The van der Waals surface area contributed by atoms with Gasteiger partial charge >= 0.3 is 0 Å². The van der Waals surface area contributed by atoms with Crippen molar-refractivity contribution in [2.24, 2.45) is 0 Å². The van der Waals surface area contributed by atoms with Crippen LogP contribution < -0.4 is 0 Å². The Bertz CT molecular complexity index is 563. The molecule has 1 aromatic rings. The van der Waals surface area contributed by atoms with Crippen molar-refractivity contribution in [2.75, 3.05) is 40.5 Å². The summed E-state index contributed by atoms with van der Waals surface area (Å²) < 4.78 is 10.8. The minimum absolute atomic E-state index is 0.251. The average molecular weight is 332 g/mol. The highest BCUT2D eigenvalue weighted by Gasteiger charge is 2.32. The zero-order valence-corrected chi connectivity index (χ0v) is 14.7. The topological polar surface area (TPSA) is 42.0 Å². The molecule has 0 aromatic heterocycles. The van der Waals surface area contributed by atoms with Crippen LogP contribution in [0.5, 0.6) is 0 Å². The fourth-order valence-corrected chi connectivity index (χ4v) is 3.85. The van der Waals surface area contributed by atoms with Crippen LogP contribution in [0.3, 0.4) is 0 Å². The molecule has 0 aliphatic carbocycles. The summed E-state index contributed by atoms with van der Waals surface area (Å²) in [4.78, 5) is 17.0. The molecule has 3 rings (SSSR count). The molecule has 1 saturated heterocycles. The third-order valence-electron chi connectivity index (χ3n) is 5.28. The molecule has 132 valence electrons. The monoisotopic (exact) mass is 332 g/mol. The summed E-state index contributed by atoms with van der Waals surface area (Å²) in [5, 5.41) is 0. The van der Waals surface area contributed by atoms with Gasteiger partial charge in [-0.15, -0.1) is 0 Å². The molecule has 1 amide bonds. The van der Waals surface area contributed by atoms with E-state index in [2.05, 4.69) is 29.2 Å². The number of nitrogens with zero attached hydrogens (tertiary/aromatic N) is 2. The second-order valence-corrected chi connectivity index (χ2v) is 6.78. The van der Waals surface area contributed by atoms with Gasteiger partial charge in [0.2, 0.25) is 5.91 Å². The quantitative estimate of drug-likeness (QED) is 0.795. The molecule has 2 atom stereocenters. The van der Waals surface area contributed by atoms with Gasteiger partial charge in [0.15, 0.2) is 0 Å². The van der Waals surface area contributed by atoms with Crippen molar-refractivity contribution in [3.63, 3.8) is 0 Å². The second kappa shape index (κ2) is 8.10. The Labute approximate surface area is 144 Å². The highest BCUT2D eigenvalue weighted by Crippen LogP contribution is 2.22. The van der Waals surface area contributed by atoms with Crippen LogP contribution in [-0.4, -0.2) is 68.3 Å². The summed E-state index contributed by atoms with van der Waals surface area (Å²) >= 11 is 0. The number of benzene rings is 1. The van der Waals surface area contributed by atoms with Gasteiger partial charge in [-0.2, -0.15) is 0 Å². The Morgan fingerprint density at radius 1 is 1.25 bits per heavy atom. The molecule has 0 saturated carbocycles. The van der Waals surface area contributed by atoms with Gasteiger partial charge in [0.05, 0.1) is 12.7 Å². The number of hydrogen-bond acceptors (Lipinski definition) is 4. The number of methoxy groups -OCH3 is 2. The number of carbonyl (C=O) groups is 1. The number of amides is 1. The van der Waals surface area contributed by atoms with Crippen molar-refractivity contribution < 1.29 is 14.3 Å². The number of hydrogen-bond donors (Lipinski definition) is 0. The van der Waals surface area contributed by atoms with Crippen molar-refractivity contribution in [1.29, 1.82) is 0 Å². The maximum Gasteiger partial charge on any atom is 0.224 e. The highest BCUT2D eigenvalue weighted by molar-refractivity contribution is 5.76. The summed E-state index contributed by atoms with van der Waals surface area (Å²) in [5.74, 6) is 0.251. The Hall–Kier alpha value is -1.43. The van der Waals surface area contributed by atoms with Gasteiger partial charge in [-0.25, -0.2) is 0 Å². The molecular formula is C19H28N2O3. The largest absolute Gasteiger partial charge is 0.383 e. The van der Waals surface area contributed by atoms with Crippen molar-refractivity contribution >= 4 is 5.91 Å². The van der Waals surface area contributed by atoms with Crippen molar-refractivity contribution in [2.45, 2.75) is 38.0 Å². The maximum absolute atomic E-state index is 12.6. The molecular weight excluding hydrogens is 304 g/mol. The van der Waals surface area contributed by atoms with Gasteiger partial charge < -0.3 is 14.4 Å². The van der Waals surface area contributed by atoms with Gasteiger partial charge in [-0.1, -0.05) is 24.3 Å². The predicted octanol–water partition coefficient (Wildman–Crippen LogP) is 1.70. The van der Waals surface area contributed by atoms with E-state index < -0.39 is 0 Å². The Kier molecular flexibility index (Phi) is 5.87. The maximum atomic E-state index is 12.6. The number of carbonyl (C=O) groups excluding carboxylic acids is 1. The SMILES string of the molecule is COC[C@@H]1C[C@H](OC)CN1CCC(=O)N1CCc2ccccc2C1. The van der Waals surface area contributed by atoms with E-state index in [1.807, 2.05) is 4.90 Å². The third-order valence-corrected chi connectivity index (χ3v) is 5.28. The van der Waals surface area contributed by atoms with Crippen molar-refractivity contribution in [3.05, 3.63) is 35.4 Å². The van der Waals surface area contributed by atoms with Gasteiger partial charge in [-0.3, -0.25) is 9.69 Å². The summed E-state index contributed by atoms with van der Waals surface area (Å²) in [5.41, 5.74) is 2.67. The first-order valence-corrected chi connectivity index (χ1v) is 8.81. The molecule has 2 aliphatic heterocycles. The number of rotatable bonds is 6. The molecule has 24 heavy (non-hydrogen) atoms. The van der Waals surface area contributed by atoms with Crippen LogP contribution in [0, 0.1) is 0 Å². The summed E-state index contributed by atoms with van der Waals surface area (Å²) in [6.07, 6.45) is 2.76. The van der Waals surface area contributed by atoms with E-state index in [0.29, 0.717) is 19.1 Å². The van der Waals surface area contributed by atoms with Gasteiger partial charge in [0.1, 0.15) is 0 Å². The molecule has 0 radical (unpaired) electrons. The summed E-state index contributed by atoms with van der Waals surface area (Å²) in [6, 6.07) is 8.78. The summed E-state index contributed by atoms with van der Waals surface area (Å²) in [7, 11) is 3.49. The van der Waals surface area contributed by atoms with Crippen LogP contribution in [0.25, 0.3) is 0 Å². The van der Waals surface area contributed by atoms with Crippen molar-refractivity contribution in [3.8, 4) is 0 Å². The van der Waals surface area contributed by atoms with E-state index >= 15 is 0 Å². The summed E-state index contributed by atoms with van der Waals surface area (Å²) in [6.45, 7) is 3.95. The molecule has 0 N–H and O–H groups in total. The van der Waals surface area contributed by atoms with E-state index in [9.17, 15) is 4.79 Å². The molecule has 0 spiro atoms. The van der Waals surface area contributed by atoms with Crippen LogP contribution in [-0.2, 0) is 27.2 Å². The number of likely N-dealkylation sites (tertiary alicyclic amines) is 1. The first-order valence-electron chi connectivity index (χ1n) is 8.81. The molecule has 5 heteroatoms. The van der Waals surface area contributed by atoms with Gasteiger partial charge in [0.25, 0.3) is 0 Å². The fourth-order valence-electron chi connectivity index (χ4n) is 3.85. The lowest BCUT2D eigenvalue weighted by atomic mass is 10.00. The van der Waals surface area contributed by atoms with E-state index in [4.69, 9.17) is 9.47 Å². The molecule has 1 aromatic carbocycles. The van der Waals surface area contributed by atoms with Crippen LogP contribution in [0.1, 0.15) is 24.0 Å². The zero-order valence-electron chi connectivity index (χ0n) is 14.7. The van der Waals surface area contributed by atoms with Gasteiger partial charge in [-0.05, 0) is 24.0 Å². The molecule has 2 heterocycles. The highest BCUT2D eigenvalue weighted by atomic mass is 16.5. The van der Waals surface area contributed by atoms with E-state index in [0.717, 1.165) is 39.0 Å². The Morgan fingerprint density at radius 3 is 2.79 bits per heavy atom. The van der Waals surface area contributed by atoms with Crippen molar-refractivity contribution in [1.82, 2.24) is 9.80 Å². The first kappa shape index (κ1) is 17.4. The number of fused-ring (bicyclic) bond motifs is 1. The van der Waals surface area contributed by atoms with Crippen LogP contribution >= 0.6 is 0 Å². The Morgan fingerprint density at radius 2 is 2.04 bits per heavy atom. The molecule has 0 bridgehead atoms. The molecule has 2 aliphatic rings. The molecule has 5 nitrogen and oxygen atoms in total. The average Bonchev–Trinajstić information content (AvgIpc) is 3.01. The third kappa shape index (κ3) is 3.97. The lowest BCUT2D eigenvalue weighted by molar-refractivity contribution is -0.132. The molecule has 1 fully saturated rings. The predicted molar refractivity (Wildman–Crippen MR) is 92.8 cm³/mol. The number of ether oxygens (including phenoxy) is 2. The lowest BCUT2D eigenvalue weighted by Gasteiger charge is -2.30. The lowest BCUT2D eigenvalue weighted by Crippen LogP contribution is -2.40. The zero-order chi connectivity index (χ0) is 16.9. The first-order chi connectivity index (χ1) is 11.7. The van der Waals surface area contributed by atoms with Crippen LogP contribution in [0.2, 0.25) is 0 Å². The Balaban J connectivity index is 1.52. The smallest absolute Gasteiger partial charge is 0.224 e. The fraction of sp³-hybridized carbons (Fsp3) is 0.632. The van der Waals surface area contributed by atoms with E-state index in [-0.39, 0.29) is 12.0 Å². The minimum atomic E-state index is 0.251. The minimum Gasteiger partial charge on any atom is -0.383 e. The normalized spacial score (nSPS) is 24.2. The van der Waals surface area contributed by atoms with Gasteiger partial charge in [0, 0.05) is 52.9 Å². The second-order valence-electron chi connectivity index (χ2n) is 6.78. The van der Waals surface area contributed by atoms with Crippen LogP contribution in [0.15, 0.2) is 24.3 Å².